The van der Waals surface area contributed by atoms with Crippen molar-refractivity contribution < 1.29 is 14.4 Å². The fourth-order valence-electron chi connectivity index (χ4n) is 4.03. The summed E-state index contributed by atoms with van der Waals surface area (Å²) in [6, 6.07) is 5.22. The third-order valence-corrected chi connectivity index (χ3v) is 6.64. The normalized spacial score (nSPS) is 21.7. The molecule has 1 aliphatic carbocycles. The molecule has 2 aliphatic heterocycles. The average Bonchev–Trinajstić information content (AvgIpc) is 3.24. The number of rotatable bonds is 5. The maximum atomic E-state index is 12.9. The van der Waals surface area contributed by atoms with Crippen LogP contribution in [0, 0.1) is 0 Å². The lowest BCUT2D eigenvalue weighted by Gasteiger charge is -2.29. The van der Waals surface area contributed by atoms with Crippen LogP contribution in [0.2, 0.25) is 0 Å². The Hall–Kier alpha value is -2.81. The number of nitrogens with one attached hydrogen (secondary N) is 2. The predicted molar refractivity (Wildman–Crippen MR) is 106 cm³/mol. The molecule has 9 heteroatoms. The second-order valence-electron chi connectivity index (χ2n) is 7.83. The molecule has 1 saturated heterocycles. The fraction of sp³-hybridized carbons (Fsp3) is 0.450. The summed E-state index contributed by atoms with van der Waals surface area (Å²) in [5.41, 5.74) is 2.51. The van der Waals surface area contributed by atoms with Crippen LogP contribution in [-0.2, 0) is 22.7 Å². The number of piperidine rings is 1. The zero-order valence-electron chi connectivity index (χ0n) is 15.8. The monoisotopic (exact) mass is 411 g/mol. The van der Waals surface area contributed by atoms with Crippen molar-refractivity contribution in [3.8, 4) is 0 Å². The number of hydrogen-bond acceptors (Lipinski definition) is 7. The Morgan fingerprint density at radius 2 is 2.07 bits per heavy atom. The molecule has 0 spiro atoms. The number of amides is 3. The van der Waals surface area contributed by atoms with E-state index >= 15 is 0 Å². The molecule has 1 aromatic carbocycles. The summed E-state index contributed by atoms with van der Waals surface area (Å²) in [6.45, 7) is 0.952. The molecule has 3 amide bonds. The first-order valence-electron chi connectivity index (χ1n) is 9.92. The van der Waals surface area contributed by atoms with E-state index in [0.29, 0.717) is 31.0 Å². The van der Waals surface area contributed by atoms with E-state index in [1.54, 1.807) is 4.90 Å². The lowest BCUT2D eigenvalue weighted by molar-refractivity contribution is -0.136. The highest BCUT2D eigenvalue weighted by Gasteiger charge is 2.39. The molecule has 1 saturated carbocycles. The largest absolute Gasteiger partial charge is 0.356 e. The first-order valence-corrected chi connectivity index (χ1v) is 10.7. The van der Waals surface area contributed by atoms with Crippen molar-refractivity contribution in [2.75, 3.05) is 5.32 Å². The van der Waals surface area contributed by atoms with Crippen LogP contribution in [0.15, 0.2) is 18.2 Å². The van der Waals surface area contributed by atoms with Gasteiger partial charge >= 0.3 is 0 Å². The highest BCUT2D eigenvalue weighted by atomic mass is 32.1. The molecule has 1 atom stereocenters. The summed E-state index contributed by atoms with van der Waals surface area (Å²) in [4.78, 5) is 42.5. The first kappa shape index (κ1) is 18.2. The standard InChI is InChI=1S/C20H21N5O3S/c26-16-7-6-15(18(27)22-16)25-10-13-5-4-11(8-14(13)19(25)28)9-21-20-23-17(24-29-20)12-2-1-3-12/h4-5,8,12,15H,1-3,6-7,9-10H2,(H,21,23,24)(H,22,26,27). The molecule has 8 nitrogen and oxygen atoms in total. The van der Waals surface area contributed by atoms with Gasteiger partial charge in [0.2, 0.25) is 16.9 Å². The Morgan fingerprint density at radius 3 is 2.83 bits per heavy atom. The molecule has 1 aromatic heterocycles. The molecule has 29 heavy (non-hydrogen) atoms. The third-order valence-electron chi connectivity index (χ3n) is 5.95. The van der Waals surface area contributed by atoms with Gasteiger partial charge in [-0.1, -0.05) is 18.6 Å². The van der Waals surface area contributed by atoms with Crippen molar-refractivity contribution in [3.63, 3.8) is 0 Å². The first-order chi connectivity index (χ1) is 14.1. The van der Waals surface area contributed by atoms with Gasteiger partial charge in [0.05, 0.1) is 0 Å². The minimum absolute atomic E-state index is 0.153. The van der Waals surface area contributed by atoms with Crippen LogP contribution in [0.1, 0.15) is 65.3 Å². The molecular formula is C20H21N5O3S. The van der Waals surface area contributed by atoms with E-state index in [1.165, 1.54) is 30.8 Å². The van der Waals surface area contributed by atoms with Gasteiger partial charge in [-0.2, -0.15) is 4.37 Å². The Morgan fingerprint density at radius 1 is 1.21 bits per heavy atom. The minimum Gasteiger partial charge on any atom is -0.356 e. The zero-order chi connectivity index (χ0) is 20.0. The summed E-state index contributed by atoms with van der Waals surface area (Å²) in [5, 5.41) is 6.42. The molecule has 3 aliphatic rings. The number of benzene rings is 1. The molecule has 1 unspecified atom stereocenters. The SMILES string of the molecule is O=C1CCC(N2Cc3ccc(CNc4nc(C5CCC5)ns4)cc3C2=O)C(=O)N1. The molecular weight excluding hydrogens is 390 g/mol. The quantitative estimate of drug-likeness (QED) is 0.731. The Balaban J connectivity index is 1.26. The number of aromatic nitrogens is 2. The van der Waals surface area contributed by atoms with Crippen molar-refractivity contribution in [3.05, 3.63) is 40.7 Å². The minimum atomic E-state index is -0.583. The Bertz CT molecular complexity index is 1000. The number of imide groups is 1. The molecule has 2 aromatic rings. The summed E-state index contributed by atoms with van der Waals surface area (Å²) in [7, 11) is 0. The van der Waals surface area contributed by atoms with Gasteiger partial charge in [-0.15, -0.1) is 0 Å². The van der Waals surface area contributed by atoms with Crippen LogP contribution >= 0.6 is 11.5 Å². The van der Waals surface area contributed by atoms with Gasteiger partial charge in [0.1, 0.15) is 11.9 Å². The van der Waals surface area contributed by atoms with Gasteiger partial charge < -0.3 is 10.2 Å². The topological polar surface area (TPSA) is 104 Å². The van der Waals surface area contributed by atoms with Crippen molar-refractivity contribution in [2.24, 2.45) is 0 Å². The number of fused-ring (bicyclic) bond motifs is 1. The van der Waals surface area contributed by atoms with E-state index < -0.39 is 6.04 Å². The van der Waals surface area contributed by atoms with Crippen LogP contribution in [0.5, 0.6) is 0 Å². The second-order valence-corrected chi connectivity index (χ2v) is 8.58. The van der Waals surface area contributed by atoms with Crippen molar-refractivity contribution in [1.82, 2.24) is 19.6 Å². The van der Waals surface area contributed by atoms with Gasteiger partial charge in [-0.3, -0.25) is 19.7 Å². The molecule has 3 heterocycles. The smallest absolute Gasteiger partial charge is 0.255 e. The maximum absolute atomic E-state index is 12.9. The summed E-state index contributed by atoms with van der Waals surface area (Å²) >= 11 is 1.37. The number of hydrogen-bond donors (Lipinski definition) is 2. The molecule has 2 fully saturated rings. The van der Waals surface area contributed by atoms with E-state index in [2.05, 4.69) is 20.0 Å². The van der Waals surface area contributed by atoms with Crippen LogP contribution in [0.3, 0.4) is 0 Å². The number of anilines is 1. The van der Waals surface area contributed by atoms with Gasteiger partial charge in [-0.25, -0.2) is 4.98 Å². The van der Waals surface area contributed by atoms with Gasteiger partial charge in [0, 0.05) is 42.5 Å². The molecule has 0 radical (unpaired) electrons. The fourth-order valence-corrected chi connectivity index (χ4v) is 4.67. The Kier molecular flexibility index (Phi) is 4.54. The Labute approximate surface area is 171 Å². The van der Waals surface area contributed by atoms with Gasteiger partial charge in [0.25, 0.3) is 5.91 Å². The van der Waals surface area contributed by atoms with Crippen molar-refractivity contribution in [1.29, 1.82) is 0 Å². The summed E-state index contributed by atoms with van der Waals surface area (Å²) in [6.07, 6.45) is 4.24. The number of carbonyl (C=O) groups is 3. The van der Waals surface area contributed by atoms with Crippen LogP contribution in [0.25, 0.3) is 0 Å². The number of carbonyl (C=O) groups excluding carboxylic acids is 3. The van der Waals surface area contributed by atoms with E-state index in [9.17, 15) is 14.4 Å². The lowest BCUT2D eigenvalue weighted by atomic mass is 9.85. The van der Waals surface area contributed by atoms with E-state index in [1.807, 2.05) is 18.2 Å². The zero-order valence-corrected chi connectivity index (χ0v) is 16.6. The third kappa shape index (κ3) is 3.39. The van der Waals surface area contributed by atoms with E-state index in [0.717, 1.165) is 22.1 Å². The summed E-state index contributed by atoms with van der Waals surface area (Å²) < 4.78 is 4.44. The van der Waals surface area contributed by atoms with Crippen molar-refractivity contribution >= 4 is 34.4 Å². The van der Waals surface area contributed by atoms with E-state index in [-0.39, 0.29) is 24.1 Å². The lowest BCUT2D eigenvalue weighted by Crippen LogP contribution is -2.52. The second kappa shape index (κ2) is 7.22. The molecule has 150 valence electrons. The molecule has 5 rings (SSSR count). The maximum Gasteiger partial charge on any atom is 0.255 e. The predicted octanol–water partition coefficient (Wildman–Crippen LogP) is 2.18. The van der Waals surface area contributed by atoms with Crippen molar-refractivity contribution in [2.45, 2.75) is 57.2 Å². The van der Waals surface area contributed by atoms with Gasteiger partial charge in [-0.05, 0) is 36.5 Å². The average molecular weight is 411 g/mol. The summed E-state index contributed by atoms with van der Waals surface area (Å²) in [5.74, 6) is 0.633. The number of nitrogens with zero attached hydrogens (tertiary/aromatic N) is 3. The van der Waals surface area contributed by atoms with Crippen LogP contribution < -0.4 is 10.6 Å². The van der Waals surface area contributed by atoms with Crippen LogP contribution in [-0.4, -0.2) is 38.0 Å². The molecule has 0 bridgehead atoms. The molecule has 2 N–H and O–H groups in total. The van der Waals surface area contributed by atoms with Gasteiger partial charge in [0.15, 0.2) is 0 Å². The highest BCUT2D eigenvalue weighted by Crippen LogP contribution is 2.36. The van der Waals surface area contributed by atoms with Crippen LogP contribution in [0.4, 0.5) is 5.13 Å². The highest BCUT2D eigenvalue weighted by molar-refractivity contribution is 7.09. The van der Waals surface area contributed by atoms with E-state index in [4.69, 9.17) is 0 Å².